The van der Waals surface area contributed by atoms with Gasteiger partial charge in [0.2, 0.25) is 0 Å². The zero-order chi connectivity index (χ0) is 12.1. The first-order chi connectivity index (χ1) is 7.56. The van der Waals surface area contributed by atoms with Crippen molar-refractivity contribution < 1.29 is 9.84 Å². The van der Waals surface area contributed by atoms with Gasteiger partial charge in [0.15, 0.2) is 5.11 Å². The molecular formula is C9H10ClN3O2S. The number of hydrogen-bond acceptors (Lipinski definition) is 4. The number of aromatic hydroxyl groups is 1. The Morgan fingerprint density at radius 1 is 1.69 bits per heavy atom. The van der Waals surface area contributed by atoms with E-state index in [1.165, 1.54) is 13.3 Å². The summed E-state index contributed by atoms with van der Waals surface area (Å²) in [7, 11) is 1.46. The molecule has 0 radical (unpaired) electrons. The molecule has 86 valence electrons. The Morgan fingerprint density at radius 2 is 2.38 bits per heavy atom. The quantitative estimate of drug-likeness (QED) is 0.432. The van der Waals surface area contributed by atoms with Gasteiger partial charge in [-0.05, 0) is 24.4 Å². The second-order valence-corrected chi connectivity index (χ2v) is 3.57. The fourth-order valence-corrected chi connectivity index (χ4v) is 1.29. The molecule has 1 aromatic carbocycles. The van der Waals surface area contributed by atoms with Crippen molar-refractivity contribution in [3.05, 3.63) is 22.7 Å². The first-order valence-corrected chi connectivity index (χ1v) is 4.99. The van der Waals surface area contributed by atoms with E-state index in [1.807, 2.05) is 0 Å². The molecule has 1 aromatic rings. The van der Waals surface area contributed by atoms with Crippen LogP contribution in [0.4, 0.5) is 0 Å². The molecule has 0 saturated carbocycles. The van der Waals surface area contributed by atoms with Crippen molar-refractivity contribution in [3.63, 3.8) is 0 Å². The molecule has 0 amide bonds. The number of hydrazone groups is 1. The zero-order valence-corrected chi connectivity index (χ0v) is 9.97. The number of benzene rings is 1. The molecule has 0 spiro atoms. The van der Waals surface area contributed by atoms with E-state index in [4.69, 9.17) is 22.1 Å². The Morgan fingerprint density at radius 3 is 2.94 bits per heavy atom. The van der Waals surface area contributed by atoms with Crippen LogP contribution < -0.4 is 15.9 Å². The molecule has 0 atom stereocenters. The number of thiocarbonyl (C=S) groups is 1. The number of nitrogens with zero attached hydrogens (tertiary/aromatic N) is 1. The molecule has 0 saturated heterocycles. The average Bonchev–Trinajstić information content (AvgIpc) is 2.24. The van der Waals surface area contributed by atoms with Crippen molar-refractivity contribution in [2.24, 2.45) is 10.8 Å². The summed E-state index contributed by atoms with van der Waals surface area (Å²) < 4.78 is 4.93. The van der Waals surface area contributed by atoms with Crippen LogP contribution in [0.2, 0.25) is 5.02 Å². The van der Waals surface area contributed by atoms with Crippen LogP contribution in [0.1, 0.15) is 5.56 Å². The molecule has 16 heavy (non-hydrogen) atoms. The van der Waals surface area contributed by atoms with Crippen molar-refractivity contribution >= 4 is 35.1 Å². The molecule has 0 aromatic heterocycles. The third-order valence-corrected chi connectivity index (χ3v) is 2.17. The molecule has 0 heterocycles. The lowest BCUT2D eigenvalue weighted by Crippen LogP contribution is -2.23. The molecule has 0 aliphatic carbocycles. The number of hydrogen-bond donors (Lipinski definition) is 3. The van der Waals surface area contributed by atoms with Gasteiger partial charge in [-0.1, -0.05) is 11.6 Å². The summed E-state index contributed by atoms with van der Waals surface area (Å²) in [5, 5.41) is 13.5. The third kappa shape index (κ3) is 2.98. The van der Waals surface area contributed by atoms with E-state index in [1.54, 1.807) is 12.1 Å². The van der Waals surface area contributed by atoms with Gasteiger partial charge in [0, 0.05) is 5.56 Å². The predicted molar refractivity (Wildman–Crippen MR) is 67.2 cm³/mol. The van der Waals surface area contributed by atoms with Crippen LogP contribution in [-0.4, -0.2) is 23.5 Å². The summed E-state index contributed by atoms with van der Waals surface area (Å²) in [5.74, 6) is 0.271. The molecule has 0 aliphatic rings. The number of phenolic OH excluding ortho intramolecular Hbond substituents is 1. The van der Waals surface area contributed by atoms with Gasteiger partial charge in [-0.2, -0.15) is 5.10 Å². The van der Waals surface area contributed by atoms with Crippen LogP contribution in [0.25, 0.3) is 0 Å². The lowest BCUT2D eigenvalue weighted by atomic mass is 10.2. The fraction of sp³-hybridized carbons (Fsp3) is 0.111. The summed E-state index contributed by atoms with van der Waals surface area (Å²) in [6.07, 6.45) is 1.35. The highest BCUT2D eigenvalue weighted by Crippen LogP contribution is 2.34. The van der Waals surface area contributed by atoms with Gasteiger partial charge < -0.3 is 15.6 Å². The maximum absolute atomic E-state index is 9.68. The van der Waals surface area contributed by atoms with E-state index in [9.17, 15) is 5.11 Å². The smallest absolute Gasteiger partial charge is 0.184 e. The summed E-state index contributed by atoms with van der Waals surface area (Å²) in [6.45, 7) is 0. The fourth-order valence-electron chi connectivity index (χ4n) is 0.988. The van der Waals surface area contributed by atoms with Crippen molar-refractivity contribution in [2.75, 3.05) is 7.11 Å². The SMILES string of the molecule is COc1ccc(C=NNC(N)=S)c(O)c1Cl. The Labute approximate surface area is 103 Å². The molecule has 4 N–H and O–H groups in total. The van der Waals surface area contributed by atoms with Crippen LogP contribution in [0.5, 0.6) is 11.5 Å². The van der Waals surface area contributed by atoms with E-state index < -0.39 is 0 Å². The van der Waals surface area contributed by atoms with Crippen molar-refractivity contribution in [3.8, 4) is 11.5 Å². The largest absolute Gasteiger partial charge is 0.506 e. The standard InChI is InChI=1S/C9H10ClN3O2S/c1-15-6-3-2-5(8(14)7(6)10)4-12-13-9(11)16/h2-4,14H,1H3,(H3,11,13,16). The van der Waals surface area contributed by atoms with Gasteiger partial charge in [-0.25, -0.2) is 0 Å². The van der Waals surface area contributed by atoms with Gasteiger partial charge in [-0.15, -0.1) is 0 Å². The van der Waals surface area contributed by atoms with Crippen LogP contribution >= 0.6 is 23.8 Å². The molecule has 0 bridgehead atoms. The maximum atomic E-state index is 9.68. The zero-order valence-electron chi connectivity index (χ0n) is 8.40. The van der Waals surface area contributed by atoms with E-state index >= 15 is 0 Å². The molecule has 5 nitrogen and oxygen atoms in total. The number of halogens is 1. The monoisotopic (exact) mass is 259 g/mol. The van der Waals surface area contributed by atoms with Crippen molar-refractivity contribution in [1.29, 1.82) is 0 Å². The summed E-state index contributed by atoms with van der Waals surface area (Å²) in [5.41, 5.74) is 7.96. The summed E-state index contributed by atoms with van der Waals surface area (Å²) >= 11 is 10.4. The number of phenols is 1. The topological polar surface area (TPSA) is 79.9 Å². The van der Waals surface area contributed by atoms with Gasteiger partial charge >= 0.3 is 0 Å². The molecule has 7 heteroatoms. The van der Waals surface area contributed by atoms with E-state index in [0.717, 1.165) is 0 Å². The Kier molecular flexibility index (Phi) is 4.33. The molecule has 0 aliphatic heterocycles. The highest BCUT2D eigenvalue weighted by Gasteiger charge is 2.09. The first kappa shape index (κ1) is 12.5. The minimum Gasteiger partial charge on any atom is -0.506 e. The molecule has 0 unspecified atom stereocenters. The van der Waals surface area contributed by atoms with Crippen molar-refractivity contribution in [2.45, 2.75) is 0 Å². The number of ether oxygens (including phenoxy) is 1. The average molecular weight is 260 g/mol. The normalized spacial score (nSPS) is 10.4. The van der Waals surface area contributed by atoms with Gasteiger partial charge in [0.1, 0.15) is 16.5 Å². The number of methoxy groups -OCH3 is 1. The van der Waals surface area contributed by atoms with Crippen molar-refractivity contribution in [1.82, 2.24) is 5.43 Å². The van der Waals surface area contributed by atoms with Gasteiger partial charge in [0.25, 0.3) is 0 Å². The Balaban J connectivity index is 2.94. The van der Waals surface area contributed by atoms with E-state index in [-0.39, 0.29) is 15.9 Å². The second-order valence-electron chi connectivity index (χ2n) is 2.75. The predicted octanol–water partition coefficient (Wildman–Crippen LogP) is 1.22. The minimum atomic E-state index is -0.116. The number of nitrogens with one attached hydrogen (secondary N) is 1. The van der Waals surface area contributed by atoms with Crippen LogP contribution in [0.3, 0.4) is 0 Å². The second kappa shape index (κ2) is 5.53. The molecule has 1 rings (SSSR count). The number of rotatable bonds is 3. The Bertz CT molecular complexity index is 437. The lowest BCUT2D eigenvalue weighted by Gasteiger charge is -2.06. The lowest BCUT2D eigenvalue weighted by molar-refractivity contribution is 0.408. The molecular weight excluding hydrogens is 250 g/mol. The van der Waals surface area contributed by atoms with Gasteiger partial charge in [0.05, 0.1) is 13.3 Å². The third-order valence-electron chi connectivity index (χ3n) is 1.71. The highest BCUT2D eigenvalue weighted by molar-refractivity contribution is 7.80. The van der Waals surface area contributed by atoms with E-state index in [2.05, 4.69) is 22.7 Å². The van der Waals surface area contributed by atoms with Crippen LogP contribution in [0.15, 0.2) is 17.2 Å². The van der Waals surface area contributed by atoms with Crippen LogP contribution in [-0.2, 0) is 0 Å². The first-order valence-electron chi connectivity index (χ1n) is 4.20. The summed E-state index contributed by atoms with van der Waals surface area (Å²) in [4.78, 5) is 0. The molecule has 0 fully saturated rings. The summed E-state index contributed by atoms with van der Waals surface area (Å²) in [6, 6.07) is 3.22. The number of nitrogens with two attached hydrogens (primary N) is 1. The van der Waals surface area contributed by atoms with E-state index in [0.29, 0.717) is 11.3 Å². The van der Waals surface area contributed by atoms with Crippen LogP contribution in [0, 0.1) is 0 Å². The minimum absolute atomic E-state index is 0.0374. The maximum Gasteiger partial charge on any atom is 0.184 e. The highest BCUT2D eigenvalue weighted by atomic mass is 35.5. The Hall–Kier alpha value is -1.53. The van der Waals surface area contributed by atoms with Gasteiger partial charge in [-0.3, -0.25) is 5.43 Å².